The minimum Gasteiger partial charge on any atom is -0.374 e. The highest BCUT2D eigenvalue weighted by molar-refractivity contribution is 7.20. The molecule has 0 bridgehead atoms. The van der Waals surface area contributed by atoms with Crippen LogP contribution in [0.2, 0.25) is 0 Å². The van der Waals surface area contributed by atoms with Crippen molar-refractivity contribution >= 4 is 21.4 Å². The molecule has 0 fully saturated rings. The van der Waals surface area contributed by atoms with E-state index >= 15 is 0 Å². The monoisotopic (exact) mass is 235 g/mol. The van der Waals surface area contributed by atoms with Gasteiger partial charge in [-0.25, -0.2) is 4.39 Å². The predicted molar refractivity (Wildman–Crippen MR) is 58.5 cm³/mol. The van der Waals surface area contributed by atoms with E-state index in [1.807, 2.05) is 0 Å². The molecule has 0 radical (unpaired) electrons. The van der Waals surface area contributed by atoms with Gasteiger partial charge in [0.15, 0.2) is 5.82 Å². The lowest BCUT2D eigenvalue weighted by molar-refractivity contribution is 0.628. The second-order valence-corrected chi connectivity index (χ2v) is 4.15. The van der Waals surface area contributed by atoms with Crippen molar-refractivity contribution in [1.82, 2.24) is 19.8 Å². The predicted octanol–water partition coefficient (Wildman–Crippen LogP) is 1.57. The number of benzene rings is 1. The molecule has 1 aromatic carbocycles. The van der Waals surface area contributed by atoms with Gasteiger partial charge in [-0.3, -0.25) is 0 Å². The average Bonchev–Trinajstić information content (AvgIpc) is 2.78. The van der Waals surface area contributed by atoms with Gasteiger partial charge < -0.3 is 5.73 Å². The molecule has 0 aliphatic carbocycles. The quantitative estimate of drug-likeness (QED) is 0.695. The smallest absolute Gasteiger partial charge is 0.236 e. The number of nitrogen functional groups attached to an aromatic ring is 1. The van der Waals surface area contributed by atoms with Crippen molar-refractivity contribution < 1.29 is 4.39 Å². The lowest BCUT2D eigenvalue weighted by Crippen LogP contribution is -1.92. The first kappa shape index (κ1) is 9.22. The molecule has 80 valence electrons. The molecule has 0 unspecified atom stereocenters. The molecule has 5 nitrogen and oxygen atoms in total. The minimum absolute atomic E-state index is 0.290. The van der Waals surface area contributed by atoms with Gasteiger partial charge >= 0.3 is 0 Å². The van der Waals surface area contributed by atoms with Crippen LogP contribution in [0.15, 0.2) is 24.3 Å². The Bertz CT molecular complexity index is 642. The third-order valence-corrected chi connectivity index (χ3v) is 2.84. The van der Waals surface area contributed by atoms with Gasteiger partial charge in [-0.05, 0) is 24.3 Å². The first-order valence-electron chi connectivity index (χ1n) is 4.48. The first-order chi connectivity index (χ1) is 7.74. The molecule has 0 aliphatic rings. The molecule has 2 N–H and O–H groups in total. The van der Waals surface area contributed by atoms with Crippen LogP contribution in [-0.4, -0.2) is 19.8 Å². The maximum Gasteiger partial charge on any atom is 0.236 e. The number of rotatable bonds is 1. The molecule has 0 aliphatic heterocycles. The second-order valence-electron chi connectivity index (χ2n) is 3.17. The molecule has 2 heterocycles. The largest absolute Gasteiger partial charge is 0.374 e. The summed E-state index contributed by atoms with van der Waals surface area (Å²) in [6.07, 6.45) is 0. The molecular formula is C9H6FN5S. The van der Waals surface area contributed by atoms with Gasteiger partial charge in [-0.2, -0.15) is 4.52 Å². The Hall–Kier alpha value is -2.02. The van der Waals surface area contributed by atoms with Gasteiger partial charge in [0.2, 0.25) is 10.1 Å². The van der Waals surface area contributed by atoms with Crippen molar-refractivity contribution in [1.29, 1.82) is 0 Å². The maximum absolute atomic E-state index is 12.8. The fourth-order valence-electron chi connectivity index (χ4n) is 1.41. The lowest BCUT2D eigenvalue weighted by atomic mass is 10.2. The number of fused-ring (bicyclic) bond motifs is 1. The Kier molecular flexibility index (Phi) is 1.87. The van der Waals surface area contributed by atoms with Crippen LogP contribution >= 0.6 is 11.3 Å². The van der Waals surface area contributed by atoms with E-state index in [4.69, 9.17) is 5.73 Å². The molecule has 0 atom stereocenters. The SMILES string of the molecule is Nc1nn2c(-c3ccc(F)cc3)nnc2s1. The van der Waals surface area contributed by atoms with Gasteiger partial charge in [-0.15, -0.1) is 15.3 Å². The molecule has 7 heteroatoms. The van der Waals surface area contributed by atoms with Gasteiger partial charge in [0.25, 0.3) is 0 Å². The van der Waals surface area contributed by atoms with Gasteiger partial charge in [0, 0.05) is 5.56 Å². The van der Waals surface area contributed by atoms with Crippen molar-refractivity contribution in [3.8, 4) is 11.4 Å². The van der Waals surface area contributed by atoms with E-state index < -0.39 is 0 Å². The third kappa shape index (κ3) is 1.33. The summed E-state index contributed by atoms with van der Waals surface area (Å²) in [6, 6.07) is 5.99. The van der Waals surface area contributed by atoms with Crippen LogP contribution in [0.4, 0.5) is 9.52 Å². The molecule has 2 aromatic heterocycles. The Morgan fingerprint density at radius 2 is 1.94 bits per heavy atom. The van der Waals surface area contributed by atoms with Crippen LogP contribution in [-0.2, 0) is 0 Å². The standard InChI is InChI=1S/C9H6FN5S/c10-6-3-1-5(2-4-6)7-12-13-9-15(7)14-8(11)16-9/h1-4H,(H2,11,14). The van der Waals surface area contributed by atoms with Crippen molar-refractivity contribution in [3.05, 3.63) is 30.1 Å². The number of halogens is 1. The maximum atomic E-state index is 12.8. The summed E-state index contributed by atoms with van der Waals surface area (Å²) >= 11 is 1.25. The highest BCUT2D eigenvalue weighted by Crippen LogP contribution is 2.22. The van der Waals surface area contributed by atoms with Crippen LogP contribution in [0, 0.1) is 5.82 Å². The van der Waals surface area contributed by atoms with Gasteiger partial charge in [-0.1, -0.05) is 11.3 Å². The van der Waals surface area contributed by atoms with Gasteiger partial charge in [0.1, 0.15) is 5.82 Å². The van der Waals surface area contributed by atoms with E-state index in [0.717, 1.165) is 5.56 Å². The first-order valence-corrected chi connectivity index (χ1v) is 5.29. The summed E-state index contributed by atoms with van der Waals surface area (Å²) in [5, 5.41) is 12.4. The number of hydrogen-bond donors (Lipinski definition) is 1. The van der Waals surface area contributed by atoms with Crippen molar-refractivity contribution in [2.24, 2.45) is 0 Å². The Morgan fingerprint density at radius 3 is 2.69 bits per heavy atom. The number of nitrogens with two attached hydrogens (primary N) is 1. The molecule has 3 aromatic rings. The zero-order valence-electron chi connectivity index (χ0n) is 7.96. The van der Waals surface area contributed by atoms with E-state index in [1.54, 1.807) is 16.6 Å². The highest BCUT2D eigenvalue weighted by atomic mass is 32.1. The molecule has 3 rings (SSSR count). The van der Waals surface area contributed by atoms with E-state index in [-0.39, 0.29) is 5.82 Å². The zero-order valence-corrected chi connectivity index (χ0v) is 8.78. The molecule has 0 saturated carbocycles. The van der Waals surface area contributed by atoms with Gasteiger partial charge in [0.05, 0.1) is 0 Å². The zero-order chi connectivity index (χ0) is 11.1. The van der Waals surface area contributed by atoms with Crippen LogP contribution in [0.5, 0.6) is 0 Å². The number of nitrogens with zero attached hydrogens (tertiary/aromatic N) is 4. The molecule has 0 amide bonds. The molecular weight excluding hydrogens is 229 g/mol. The van der Waals surface area contributed by atoms with E-state index in [0.29, 0.717) is 15.9 Å². The molecule has 0 spiro atoms. The van der Waals surface area contributed by atoms with E-state index in [9.17, 15) is 4.39 Å². The normalized spacial score (nSPS) is 11.1. The number of aromatic nitrogens is 4. The van der Waals surface area contributed by atoms with Crippen LogP contribution in [0.3, 0.4) is 0 Å². The summed E-state index contributed by atoms with van der Waals surface area (Å²) < 4.78 is 14.3. The van der Waals surface area contributed by atoms with Crippen molar-refractivity contribution in [2.45, 2.75) is 0 Å². The van der Waals surface area contributed by atoms with Crippen molar-refractivity contribution in [3.63, 3.8) is 0 Å². The number of hydrogen-bond acceptors (Lipinski definition) is 5. The third-order valence-electron chi connectivity index (χ3n) is 2.11. The summed E-state index contributed by atoms with van der Waals surface area (Å²) in [7, 11) is 0. The van der Waals surface area contributed by atoms with E-state index in [1.165, 1.54) is 23.5 Å². The molecule has 16 heavy (non-hydrogen) atoms. The van der Waals surface area contributed by atoms with Crippen molar-refractivity contribution in [2.75, 3.05) is 5.73 Å². The summed E-state index contributed by atoms with van der Waals surface area (Å²) in [5.41, 5.74) is 6.31. The average molecular weight is 235 g/mol. The van der Waals surface area contributed by atoms with Crippen LogP contribution < -0.4 is 5.73 Å². The number of anilines is 1. The Balaban J connectivity index is 2.21. The lowest BCUT2D eigenvalue weighted by Gasteiger charge is -1.95. The topological polar surface area (TPSA) is 69.1 Å². The van der Waals surface area contributed by atoms with E-state index in [2.05, 4.69) is 15.3 Å². The fourth-order valence-corrected chi connectivity index (χ4v) is 2.02. The minimum atomic E-state index is -0.290. The van der Waals surface area contributed by atoms with Crippen LogP contribution in [0.1, 0.15) is 0 Å². The highest BCUT2D eigenvalue weighted by Gasteiger charge is 2.11. The van der Waals surface area contributed by atoms with Crippen LogP contribution in [0.25, 0.3) is 16.3 Å². The Morgan fingerprint density at radius 1 is 1.19 bits per heavy atom. The summed E-state index contributed by atoms with van der Waals surface area (Å²) in [5.74, 6) is 0.269. The molecule has 0 saturated heterocycles. The Labute approximate surface area is 93.3 Å². The summed E-state index contributed by atoms with van der Waals surface area (Å²) in [6.45, 7) is 0. The second kappa shape index (κ2) is 3.24. The fraction of sp³-hybridized carbons (Fsp3) is 0. The summed E-state index contributed by atoms with van der Waals surface area (Å²) in [4.78, 5) is 0.622.